The molecule has 0 atom stereocenters. The predicted molar refractivity (Wildman–Crippen MR) is 114 cm³/mol. The summed E-state index contributed by atoms with van der Waals surface area (Å²) in [6.07, 6.45) is 1.64. The van der Waals surface area contributed by atoms with E-state index in [9.17, 15) is 14.9 Å². The monoisotopic (exact) mass is 396 g/mol. The quantitative estimate of drug-likeness (QED) is 0.476. The highest BCUT2D eigenvalue weighted by Gasteiger charge is 2.24. The smallest absolute Gasteiger partial charge is 0.293 e. The van der Waals surface area contributed by atoms with Crippen molar-refractivity contribution in [3.8, 4) is 0 Å². The number of rotatable bonds is 4. The Bertz CT molecular complexity index is 1030. The minimum absolute atomic E-state index is 0.00738. The van der Waals surface area contributed by atoms with Crippen molar-refractivity contribution < 1.29 is 9.72 Å². The predicted octanol–water partition coefficient (Wildman–Crippen LogP) is 4.17. The highest BCUT2D eigenvalue weighted by molar-refractivity contribution is 8.18. The topological polar surface area (TPSA) is 87.8 Å². The molecule has 0 spiro atoms. The van der Waals surface area contributed by atoms with E-state index in [1.807, 2.05) is 32.0 Å². The standard InChI is InChI=1S/C20H20N4O3S/c1-12-5-6-13(2)15(9-12)21-20-22-19(25)18(28-20)11-14-7-8-16(23(3)4)17(10-14)24(26)27/h5-11H,1-4H3,(H,21,22,25)/b18-11-. The molecule has 0 aromatic heterocycles. The maximum absolute atomic E-state index is 12.3. The average molecular weight is 396 g/mol. The summed E-state index contributed by atoms with van der Waals surface area (Å²) in [7, 11) is 3.49. The molecule has 1 amide bonds. The SMILES string of the molecule is Cc1ccc(C)c(N=C2NC(=O)/C(=C/c3ccc(N(C)C)c([N+](=O)[O-])c3)S2)c1. The molecule has 1 saturated heterocycles. The van der Waals surface area contributed by atoms with Crippen LogP contribution in [0.5, 0.6) is 0 Å². The molecule has 0 aliphatic carbocycles. The molecule has 1 aliphatic heterocycles. The Labute approximate surface area is 167 Å². The van der Waals surface area contributed by atoms with Crippen molar-refractivity contribution in [1.29, 1.82) is 0 Å². The summed E-state index contributed by atoms with van der Waals surface area (Å²) in [5.74, 6) is -0.270. The maximum atomic E-state index is 12.3. The molecule has 8 heteroatoms. The van der Waals surface area contributed by atoms with Crippen molar-refractivity contribution in [2.24, 2.45) is 4.99 Å². The van der Waals surface area contributed by atoms with Crippen LogP contribution in [0.25, 0.3) is 6.08 Å². The number of nitro benzene ring substituents is 1. The van der Waals surface area contributed by atoms with E-state index in [-0.39, 0.29) is 11.6 Å². The summed E-state index contributed by atoms with van der Waals surface area (Å²) >= 11 is 1.22. The van der Waals surface area contributed by atoms with Crippen LogP contribution in [0.4, 0.5) is 17.1 Å². The van der Waals surface area contributed by atoms with E-state index in [2.05, 4.69) is 10.3 Å². The van der Waals surface area contributed by atoms with Crippen LogP contribution in [0.1, 0.15) is 16.7 Å². The highest BCUT2D eigenvalue weighted by atomic mass is 32.2. The third-order valence-corrected chi connectivity index (χ3v) is 5.12. The number of amidine groups is 1. The Morgan fingerprint density at radius 3 is 2.61 bits per heavy atom. The number of nitrogens with one attached hydrogen (secondary N) is 1. The fraction of sp³-hybridized carbons (Fsp3) is 0.200. The summed E-state index contributed by atoms with van der Waals surface area (Å²) < 4.78 is 0. The van der Waals surface area contributed by atoms with Crippen LogP contribution in [-0.2, 0) is 4.79 Å². The lowest BCUT2D eigenvalue weighted by atomic mass is 10.1. The van der Waals surface area contributed by atoms with Crippen molar-refractivity contribution in [1.82, 2.24) is 5.32 Å². The zero-order chi connectivity index (χ0) is 20.4. The van der Waals surface area contributed by atoms with Gasteiger partial charge in [0.2, 0.25) is 0 Å². The minimum Gasteiger partial charge on any atom is -0.372 e. The Kier molecular flexibility index (Phi) is 5.51. The van der Waals surface area contributed by atoms with Gasteiger partial charge in [-0.05, 0) is 60.5 Å². The van der Waals surface area contributed by atoms with Gasteiger partial charge >= 0.3 is 0 Å². The van der Waals surface area contributed by atoms with Crippen LogP contribution in [0.3, 0.4) is 0 Å². The molecule has 0 bridgehead atoms. The summed E-state index contributed by atoms with van der Waals surface area (Å²) in [4.78, 5) is 29.9. The lowest BCUT2D eigenvalue weighted by Gasteiger charge is -2.12. The highest BCUT2D eigenvalue weighted by Crippen LogP contribution is 2.32. The Hall–Kier alpha value is -3.13. The van der Waals surface area contributed by atoms with Crippen molar-refractivity contribution in [2.75, 3.05) is 19.0 Å². The van der Waals surface area contributed by atoms with Crippen molar-refractivity contribution >= 4 is 46.0 Å². The number of aliphatic imine (C=N–C) groups is 1. The van der Waals surface area contributed by atoms with Crippen LogP contribution in [-0.4, -0.2) is 30.1 Å². The number of nitrogens with zero attached hydrogens (tertiary/aromatic N) is 3. The molecule has 1 heterocycles. The number of carbonyl (C=O) groups excluding carboxylic acids is 1. The first-order valence-corrected chi connectivity index (χ1v) is 9.39. The van der Waals surface area contributed by atoms with Gasteiger partial charge in [-0.1, -0.05) is 18.2 Å². The molecule has 2 aromatic carbocycles. The number of hydrogen-bond acceptors (Lipinski definition) is 6. The molecule has 2 aromatic rings. The van der Waals surface area contributed by atoms with E-state index in [0.717, 1.165) is 16.8 Å². The molecular weight excluding hydrogens is 376 g/mol. The van der Waals surface area contributed by atoms with Crippen LogP contribution in [0, 0.1) is 24.0 Å². The second kappa shape index (κ2) is 7.85. The Balaban J connectivity index is 1.91. The normalized spacial score (nSPS) is 16.5. The fourth-order valence-electron chi connectivity index (χ4n) is 2.74. The Morgan fingerprint density at radius 2 is 1.93 bits per heavy atom. The molecule has 28 heavy (non-hydrogen) atoms. The molecular formula is C20H20N4O3S. The van der Waals surface area contributed by atoms with Crippen molar-refractivity contribution in [3.63, 3.8) is 0 Å². The van der Waals surface area contributed by atoms with E-state index >= 15 is 0 Å². The fourth-order valence-corrected chi connectivity index (χ4v) is 3.57. The molecule has 1 N–H and O–H groups in total. The van der Waals surface area contributed by atoms with Gasteiger partial charge in [0.1, 0.15) is 5.69 Å². The number of benzene rings is 2. The maximum Gasteiger partial charge on any atom is 0.293 e. The van der Waals surface area contributed by atoms with Gasteiger partial charge in [-0.25, -0.2) is 4.99 Å². The molecule has 0 unspecified atom stereocenters. The molecule has 3 rings (SSSR count). The molecule has 144 valence electrons. The number of carbonyl (C=O) groups is 1. The van der Waals surface area contributed by atoms with Crippen molar-refractivity contribution in [3.05, 3.63) is 68.1 Å². The number of amides is 1. The minimum atomic E-state index is -0.424. The first-order chi connectivity index (χ1) is 13.2. The van der Waals surface area contributed by atoms with Crippen LogP contribution in [0.15, 0.2) is 46.3 Å². The van der Waals surface area contributed by atoms with Crippen LogP contribution >= 0.6 is 11.8 Å². The van der Waals surface area contributed by atoms with Gasteiger partial charge < -0.3 is 10.2 Å². The molecule has 7 nitrogen and oxygen atoms in total. The van der Waals surface area contributed by atoms with Gasteiger partial charge in [0.05, 0.1) is 15.5 Å². The molecule has 0 radical (unpaired) electrons. The third-order valence-electron chi connectivity index (χ3n) is 4.21. The summed E-state index contributed by atoms with van der Waals surface area (Å²) in [5.41, 5.74) is 3.99. The summed E-state index contributed by atoms with van der Waals surface area (Å²) in [5, 5.41) is 14.6. The average Bonchev–Trinajstić information content (AvgIpc) is 2.97. The number of hydrogen-bond donors (Lipinski definition) is 1. The first kappa shape index (κ1) is 19.6. The Morgan fingerprint density at radius 1 is 1.18 bits per heavy atom. The number of aryl methyl sites for hydroxylation is 2. The summed E-state index contributed by atoms with van der Waals surface area (Å²) in [6.45, 7) is 3.95. The number of anilines is 1. The second-order valence-corrected chi connectivity index (χ2v) is 7.70. The van der Waals surface area contributed by atoms with E-state index in [4.69, 9.17) is 0 Å². The van der Waals surface area contributed by atoms with Gasteiger partial charge in [-0.3, -0.25) is 14.9 Å². The van der Waals surface area contributed by atoms with E-state index in [1.165, 1.54) is 17.8 Å². The number of thioether (sulfide) groups is 1. The lowest BCUT2D eigenvalue weighted by Crippen LogP contribution is -2.19. The van der Waals surface area contributed by atoms with Gasteiger partial charge in [0, 0.05) is 20.2 Å². The van der Waals surface area contributed by atoms with Gasteiger partial charge in [0.15, 0.2) is 5.17 Å². The lowest BCUT2D eigenvalue weighted by molar-refractivity contribution is -0.384. The van der Waals surface area contributed by atoms with E-state index < -0.39 is 4.92 Å². The number of nitro groups is 1. The van der Waals surface area contributed by atoms with E-state index in [0.29, 0.717) is 21.3 Å². The molecule has 0 saturated carbocycles. The largest absolute Gasteiger partial charge is 0.372 e. The van der Waals surface area contributed by atoms with Crippen molar-refractivity contribution in [2.45, 2.75) is 13.8 Å². The second-order valence-electron chi connectivity index (χ2n) is 6.67. The molecule has 1 aliphatic rings. The summed E-state index contributed by atoms with van der Waals surface area (Å²) in [6, 6.07) is 10.8. The van der Waals surface area contributed by atoms with Gasteiger partial charge in [-0.15, -0.1) is 0 Å². The van der Waals surface area contributed by atoms with Crippen LogP contribution < -0.4 is 10.2 Å². The first-order valence-electron chi connectivity index (χ1n) is 8.57. The van der Waals surface area contributed by atoms with E-state index in [1.54, 1.807) is 37.2 Å². The van der Waals surface area contributed by atoms with Gasteiger partial charge in [-0.2, -0.15) is 0 Å². The zero-order valence-electron chi connectivity index (χ0n) is 16.0. The van der Waals surface area contributed by atoms with Crippen LogP contribution in [0.2, 0.25) is 0 Å². The van der Waals surface area contributed by atoms with Gasteiger partial charge in [0.25, 0.3) is 11.6 Å². The molecule has 1 fully saturated rings. The third kappa shape index (κ3) is 4.23. The zero-order valence-corrected chi connectivity index (χ0v) is 16.8.